The molecule has 0 unspecified atom stereocenters. The van der Waals surface area contributed by atoms with Gasteiger partial charge in [-0.3, -0.25) is 0 Å². The molecule has 3 nitrogen and oxygen atoms in total. The van der Waals surface area contributed by atoms with Crippen LogP contribution >= 0.6 is 0 Å². The molecule has 0 atom stereocenters. The summed E-state index contributed by atoms with van der Waals surface area (Å²) in [4.78, 5) is 0. The Morgan fingerprint density at radius 3 is 0.500 bits per heavy atom. The summed E-state index contributed by atoms with van der Waals surface area (Å²) in [5.41, 5.74) is 0. The zero-order valence-electron chi connectivity index (χ0n) is 2.21. The maximum absolute atomic E-state index is 0. The fourth-order valence-corrected chi connectivity index (χ4v) is 0. The number of rotatable bonds is 0. The minimum atomic E-state index is 0. The van der Waals surface area contributed by atoms with Crippen molar-refractivity contribution in [1.82, 2.24) is 0 Å². The van der Waals surface area contributed by atoms with E-state index in [9.17, 15) is 0 Å². The van der Waals surface area contributed by atoms with Crippen LogP contribution in [0.1, 0.15) is 0 Å². The third-order valence-corrected chi connectivity index (χ3v) is 0. The minimum absolute atomic E-state index is 0. The first kappa shape index (κ1) is 78.5. The summed E-state index contributed by atoms with van der Waals surface area (Å²) in [6.45, 7) is 0. The molecule has 44 valence electrons. The predicted octanol–water partition coefficient (Wildman–Crippen LogP) is -6.03. The molecule has 0 spiro atoms. The zero-order valence-corrected chi connectivity index (χ0v) is 6.24. The average Bonchev–Trinajstić information content (AvgIpc) is 0. The van der Waals surface area contributed by atoms with E-state index in [2.05, 4.69) is 0 Å². The Kier molecular flexibility index (Phi) is 679. The van der Waals surface area contributed by atoms with Crippen LogP contribution in [0.3, 0.4) is 0 Å². The van der Waals surface area contributed by atoms with Gasteiger partial charge in [-0.15, -0.1) is 0 Å². The van der Waals surface area contributed by atoms with Crippen molar-refractivity contribution in [2.24, 2.45) is 0 Å². The first-order chi connectivity index (χ1) is 0. The van der Waals surface area contributed by atoms with Gasteiger partial charge in [0.1, 0.15) is 0 Å². The summed E-state index contributed by atoms with van der Waals surface area (Å²) in [6, 6.07) is 0. The van der Waals surface area contributed by atoms with Gasteiger partial charge in [0.25, 0.3) is 0 Å². The summed E-state index contributed by atoms with van der Waals surface area (Å²) >= 11 is 0. The van der Waals surface area contributed by atoms with E-state index in [1.807, 2.05) is 0 Å². The molecule has 6 heavy (non-hydrogen) atoms. The van der Waals surface area contributed by atoms with Crippen molar-refractivity contribution in [3.8, 4) is 0 Å². The van der Waals surface area contributed by atoms with E-state index >= 15 is 0 Å². The Bertz CT molecular complexity index is 8.75. The molecule has 0 fully saturated rings. The Morgan fingerprint density at radius 1 is 0.500 bits per heavy atom. The summed E-state index contributed by atoms with van der Waals surface area (Å²) in [5.74, 6) is 0. The fraction of sp³-hybridized carbons (Fsp3) is 0. The van der Waals surface area contributed by atoms with Crippen LogP contribution in [-0.2, 0) is 0 Å². The molecule has 0 aliphatic rings. The molecule has 0 saturated carbocycles. The molecule has 0 heterocycles. The zero-order chi connectivity index (χ0) is 0. The van der Waals surface area contributed by atoms with E-state index in [0.717, 1.165) is 0 Å². The second-order valence-corrected chi connectivity index (χ2v) is 0. The molecule has 0 amide bonds. The van der Waals surface area contributed by atoms with E-state index in [4.69, 9.17) is 0 Å². The van der Waals surface area contributed by atoms with Crippen molar-refractivity contribution in [3.05, 3.63) is 0 Å². The van der Waals surface area contributed by atoms with E-state index < -0.39 is 0 Å². The van der Waals surface area contributed by atoms with Crippen LogP contribution in [0.5, 0.6) is 0 Å². The van der Waals surface area contributed by atoms with Gasteiger partial charge in [0.2, 0.25) is 0 Å². The molecule has 0 saturated heterocycles. The number of hydrogen-bond donors (Lipinski definition) is 0. The molecule has 6 N–H and O–H groups in total. The SMILES string of the molecule is O.O.O.[InH3].[InH3].[SbH3]. The second kappa shape index (κ2) is 51.9. The molecule has 0 aliphatic heterocycles. The molecular formula is H15In2O3Sb. The monoisotopic (exact) mass is 414 g/mol. The van der Waals surface area contributed by atoms with Crippen molar-refractivity contribution < 1.29 is 16.4 Å². The van der Waals surface area contributed by atoms with Crippen molar-refractivity contribution in [3.63, 3.8) is 0 Å². The first-order valence-electron chi connectivity index (χ1n) is 0. The first-order valence-corrected chi connectivity index (χ1v) is 0. The van der Waals surface area contributed by atoms with Crippen molar-refractivity contribution in [2.45, 2.75) is 0 Å². The summed E-state index contributed by atoms with van der Waals surface area (Å²) in [5, 5.41) is 0. The van der Waals surface area contributed by atoms with Gasteiger partial charge >= 0.3 is 76.1 Å². The Balaban J connectivity index is 0. The summed E-state index contributed by atoms with van der Waals surface area (Å²) in [6.07, 6.45) is 0. The molecule has 0 aromatic heterocycles. The average molecular weight is 415 g/mol. The second-order valence-electron chi connectivity index (χ2n) is 0. The van der Waals surface area contributed by atoms with Crippen LogP contribution in [0.4, 0.5) is 0 Å². The van der Waals surface area contributed by atoms with Crippen molar-refractivity contribution >= 4 is 76.1 Å². The molecule has 6 heteroatoms. The van der Waals surface area contributed by atoms with Crippen molar-refractivity contribution in [1.29, 1.82) is 0 Å². The van der Waals surface area contributed by atoms with Gasteiger partial charge in [0, 0.05) is 0 Å². The molecule has 0 bridgehead atoms. The van der Waals surface area contributed by atoms with E-state index in [0.29, 0.717) is 0 Å². The van der Waals surface area contributed by atoms with E-state index in [1.165, 1.54) is 0 Å². The molecule has 0 rings (SSSR count). The summed E-state index contributed by atoms with van der Waals surface area (Å²) in [7, 11) is 0. The molecule has 0 aromatic rings. The van der Waals surface area contributed by atoms with Crippen molar-refractivity contribution in [2.75, 3.05) is 0 Å². The van der Waals surface area contributed by atoms with Gasteiger partial charge in [-0.25, -0.2) is 0 Å². The Labute approximate surface area is 91.2 Å². The quantitative estimate of drug-likeness (QED) is 0.353. The fourth-order valence-electron chi connectivity index (χ4n) is 0. The topological polar surface area (TPSA) is 94.5 Å². The molecule has 0 aliphatic carbocycles. The molecule has 0 aromatic carbocycles. The van der Waals surface area contributed by atoms with Gasteiger partial charge in [0.05, 0.1) is 0 Å². The van der Waals surface area contributed by atoms with Crippen LogP contribution in [0.25, 0.3) is 0 Å². The summed E-state index contributed by atoms with van der Waals surface area (Å²) < 4.78 is 0. The van der Waals surface area contributed by atoms with E-state index in [1.54, 1.807) is 0 Å². The van der Waals surface area contributed by atoms with E-state index in [-0.39, 0.29) is 92.5 Å². The number of hydrogen-bond acceptors (Lipinski definition) is 0. The third-order valence-electron chi connectivity index (χ3n) is 0. The van der Waals surface area contributed by atoms with Gasteiger partial charge in [0.15, 0.2) is 0 Å². The third kappa shape index (κ3) is 32.0. The van der Waals surface area contributed by atoms with Crippen LogP contribution in [-0.4, -0.2) is 92.5 Å². The normalized spacial score (nSPS) is 0. The van der Waals surface area contributed by atoms with Gasteiger partial charge < -0.3 is 16.4 Å². The molecular weight excluding hydrogens is 399 g/mol. The van der Waals surface area contributed by atoms with Crippen LogP contribution < -0.4 is 0 Å². The van der Waals surface area contributed by atoms with Gasteiger partial charge in [-0.2, -0.15) is 0 Å². The van der Waals surface area contributed by atoms with Gasteiger partial charge in [-0.1, -0.05) is 0 Å². The Hall–Kier alpha value is 2.44. The standard InChI is InChI=1S/2In.3H2O.Sb.9H/h;;3*1H2;;;;;;;;;;. The maximum atomic E-state index is 0. The van der Waals surface area contributed by atoms with Crippen LogP contribution in [0.15, 0.2) is 0 Å². The van der Waals surface area contributed by atoms with Gasteiger partial charge in [-0.05, 0) is 0 Å². The van der Waals surface area contributed by atoms with Crippen LogP contribution in [0.2, 0.25) is 0 Å². The van der Waals surface area contributed by atoms with Crippen LogP contribution in [0, 0.1) is 0 Å². The Morgan fingerprint density at radius 2 is 0.500 bits per heavy atom. The molecule has 0 radical (unpaired) electrons. The predicted molar refractivity (Wildman–Crippen MR) is 40.7 cm³/mol.